The summed E-state index contributed by atoms with van der Waals surface area (Å²) in [4.78, 5) is 13.1. The van der Waals surface area contributed by atoms with E-state index in [1.165, 1.54) is 0 Å². The number of hydrogen-bond acceptors (Lipinski definition) is 4. The van der Waals surface area contributed by atoms with Crippen LogP contribution in [0.15, 0.2) is 0 Å². The van der Waals surface area contributed by atoms with Crippen molar-refractivity contribution < 1.29 is 14.5 Å². The molecule has 1 heterocycles. The minimum absolute atomic E-state index is 0.251. The predicted molar refractivity (Wildman–Crippen MR) is 68.1 cm³/mol. The van der Waals surface area contributed by atoms with Crippen LogP contribution in [0.1, 0.15) is 26.7 Å². The molecule has 1 N–H and O–H groups in total. The maximum absolute atomic E-state index is 11.3. The van der Waals surface area contributed by atoms with Gasteiger partial charge in [0, 0.05) is 30.5 Å². The third-order valence-corrected chi connectivity index (χ3v) is 4.83. The largest absolute Gasteiger partial charge is 0.598 e. The van der Waals surface area contributed by atoms with Gasteiger partial charge in [-0.05, 0) is 33.7 Å². The third-order valence-electron chi connectivity index (χ3n) is 3.74. The van der Waals surface area contributed by atoms with E-state index in [1.54, 1.807) is 20.1 Å². The topological polar surface area (TPSA) is 66.8 Å². The Bertz CT molecular complexity index is 276. The molecule has 0 aromatic heterocycles. The highest BCUT2D eigenvalue weighted by atomic mass is 32.2. The molecule has 1 aliphatic heterocycles. The monoisotopic (exact) mass is 262 g/mol. The Hall–Kier alpha value is -0.300. The summed E-state index contributed by atoms with van der Waals surface area (Å²) in [6.07, 6.45) is 3.42. The molecule has 0 radical (unpaired) electrons. The van der Waals surface area contributed by atoms with Gasteiger partial charge in [0.2, 0.25) is 0 Å². The fourth-order valence-corrected chi connectivity index (χ4v) is 2.82. The molecule has 0 bridgehead atoms. The first-order chi connectivity index (χ1) is 7.76. The summed E-state index contributed by atoms with van der Waals surface area (Å²) in [6.45, 7) is 4.99. The Kier molecular flexibility index (Phi) is 4.83. The maximum atomic E-state index is 11.3. The minimum atomic E-state index is -0.912. The second-order valence-electron chi connectivity index (χ2n) is 5.06. The molecule has 0 saturated carbocycles. The summed E-state index contributed by atoms with van der Waals surface area (Å²) in [5.41, 5.74) is -0.849. The summed E-state index contributed by atoms with van der Waals surface area (Å²) in [7, 11) is 1.86. The van der Waals surface area contributed by atoms with Crippen molar-refractivity contribution >= 4 is 17.3 Å². The van der Waals surface area contributed by atoms with Gasteiger partial charge in [-0.1, -0.05) is 0 Å². The lowest BCUT2D eigenvalue weighted by atomic mass is 9.96. The quantitative estimate of drug-likeness (QED) is 0.749. The van der Waals surface area contributed by atoms with Crippen molar-refractivity contribution in [3.05, 3.63) is 0 Å². The lowest BCUT2D eigenvalue weighted by Gasteiger charge is -2.41. The van der Waals surface area contributed by atoms with Gasteiger partial charge in [0.1, 0.15) is 11.8 Å². The van der Waals surface area contributed by atoms with Gasteiger partial charge in [-0.15, -0.1) is 4.31 Å². The first-order valence-electron chi connectivity index (χ1n) is 5.81. The number of piperidine rings is 1. The molecule has 0 amide bonds. The Morgan fingerprint density at radius 1 is 1.47 bits per heavy atom. The van der Waals surface area contributed by atoms with E-state index in [2.05, 4.69) is 0 Å². The first kappa shape index (κ1) is 14.8. The highest BCUT2D eigenvalue weighted by Gasteiger charge is 2.38. The fourth-order valence-electron chi connectivity index (χ4n) is 2.09. The fraction of sp³-hybridized carbons (Fsp3) is 0.909. The molecule has 1 rings (SSSR count). The van der Waals surface area contributed by atoms with Crippen molar-refractivity contribution in [1.82, 2.24) is 9.21 Å². The number of carboxylic acid groups (broad SMARTS) is 1. The molecule has 0 aromatic rings. The van der Waals surface area contributed by atoms with Crippen LogP contribution in [0.5, 0.6) is 0 Å². The average molecular weight is 262 g/mol. The molecule has 0 aliphatic carbocycles. The van der Waals surface area contributed by atoms with Crippen molar-refractivity contribution in [3.8, 4) is 0 Å². The lowest BCUT2D eigenvalue weighted by Crippen LogP contribution is -2.55. The van der Waals surface area contributed by atoms with Gasteiger partial charge in [-0.2, -0.15) is 0 Å². The van der Waals surface area contributed by atoms with Crippen LogP contribution in [0.3, 0.4) is 0 Å². The van der Waals surface area contributed by atoms with Gasteiger partial charge in [0.15, 0.2) is 0 Å². The normalized spacial score (nSPS) is 21.8. The lowest BCUT2D eigenvalue weighted by molar-refractivity contribution is -0.150. The number of carbonyl (C=O) groups is 1. The van der Waals surface area contributed by atoms with Crippen LogP contribution in [0.2, 0.25) is 0 Å². The van der Waals surface area contributed by atoms with Gasteiger partial charge in [-0.3, -0.25) is 9.69 Å². The SMILES string of the molecule is CN(C1CCN([S+](C)[O-])CC1)C(C)(C)C(=O)O. The van der Waals surface area contributed by atoms with Gasteiger partial charge in [0.05, 0.1) is 0 Å². The van der Waals surface area contributed by atoms with Crippen LogP contribution in [-0.2, 0) is 16.2 Å². The highest BCUT2D eigenvalue weighted by Crippen LogP contribution is 2.24. The molecular formula is C11H22N2O3S. The van der Waals surface area contributed by atoms with Gasteiger partial charge >= 0.3 is 5.97 Å². The van der Waals surface area contributed by atoms with E-state index in [0.717, 1.165) is 25.9 Å². The third kappa shape index (κ3) is 3.34. The second-order valence-corrected chi connectivity index (χ2v) is 6.42. The Labute approximate surface area is 106 Å². The zero-order valence-electron chi connectivity index (χ0n) is 11.0. The molecule has 5 nitrogen and oxygen atoms in total. The van der Waals surface area contributed by atoms with Crippen molar-refractivity contribution in [2.45, 2.75) is 38.3 Å². The summed E-state index contributed by atoms with van der Waals surface area (Å²) < 4.78 is 13.2. The zero-order valence-corrected chi connectivity index (χ0v) is 11.8. The molecular weight excluding hydrogens is 240 g/mol. The van der Waals surface area contributed by atoms with Gasteiger partial charge < -0.3 is 9.66 Å². The van der Waals surface area contributed by atoms with E-state index >= 15 is 0 Å². The molecule has 0 spiro atoms. The van der Waals surface area contributed by atoms with Crippen LogP contribution >= 0.6 is 0 Å². The van der Waals surface area contributed by atoms with E-state index in [9.17, 15) is 14.5 Å². The minimum Gasteiger partial charge on any atom is -0.598 e. The number of rotatable bonds is 4. The van der Waals surface area contributed by atoms with Crippen LogP contribution in [0.4, 0.5) is 0 Å². The summed E-state index contributed by atoms with van der Waals surface area (Å²) in [5.74, 6) is -0.804. The number of aliphatic carboxylic acids is 1. The molecule has 0 aromatic carbocycles. The standard InChI is InChI=1S/C11H22N2O3S/c1-11(2,10(14)15)12(3)9-5-7-13(8-6-9)17(4)16/h9H,5-8H2,1-4H3,(H,14,15). The molecule has 1 unspecified atom stereocenters. The Balaban J connectivity index is 2.57. The summed E-state index contributed by atoms with van der Waals surface area (Å²) in [5, 5.41) is 9.18. The second kappa shape index (κ2) is 5.56. The van der Waals surface area contributed by atoms with E-state index in [-0.39, 0.29) is 6.04 Å². The van der Waals surface area contributed by atoms with E-state index in [1.807, 2.05) is 16.3 Å². The van der Waals surface area contributed by atoms with E-state index < -0.39 is 22.9 Å². The molecule has 6 heteroatoms. The summed E-state index contributed by atoms with van der Waals surface area (Å²) >= 11 is -0.912. The van der Waals surface area contributed by atoms with Crippen LogP contribution in [-0.4, -0.2) is 62.8 Å². The zero-order chi connectivity index (χ0) is 13.2. The summed E-state index contributed by atoms with van der Waals surface area (Å²) in [6, 6.07) is 0.251. The highest BCUT2D eigenvalue weighted by molar-refractivity contribution is 7.88. The number of likely N-dealkylation sites (N-methyl/N-ethyl adjacent to an activating group) is 1. The van der Waals surface area contributed by atoms with E-state index in [0.29, 0.717) is 0 Å². The van der Waals surface area contributed by atoms with Gasteiger partial charge in [-0.25, -0.2) is 0 Å². The average Bonchev–Trinajstić information content (AvgIpc) is 2.27. The van der Waals surface area contributed by atoms with Gasteiger partial charge in [0.25, 0.3) is 0 Å². The number of nitrogens with zero attached hydrogens (tertiary/aromatic N) is 2. The molecule has 1 fully saturated rings. The van der Waals surface area contributed by atoms with Crippen molar-refractivity contribution in [2.24, 2.45) is 0 Å². The first-order valence-corrected chi connectivity index (χ1v) is 7.33. The van der Waals surface area contributed by atoms with Crippen LogP contribution in [0, 0.1) is 0 Å². The molecule has 1 aliphatic rings. The Morgan fingerprint density at radius 2 is 1.94 bits per heavy atom. The smallest absolute Gasteiger partial charge is 0.323 e. The molecule has 17 heavy (non-hydrogen) atoms. The van der Waals surface area contributed by atoms with E-state index in [4.69, 9.17) is 0 Å². The van der Waals surface area contributed by atoms with Crippen LogP contribution < -0.4 is 0 Å². The number of carboxylic acids is 1. The molecule has 1 atom stereocenters. The predicted octanol–water partition coefficient (Wildman–Crippen LogP) is 0.539. The molecule has 100 valence electrons. The maximum Gasteiger partial charge on any atom is 0.323 e. The Morgan fingerprint density at radius 3 is 2.29 bits per heavy atom. The van der Waals surface area contributed by atoms with Crippen LogP contribution in [0.25, 0.3) is 0 Å². The number of hydrogen-bond donors (Lipinski definition) is 1. The van der Waals surface area contributed by atoms with Crippen molar-refractivity contribution in [1.29, 1.82) is 0 Å². The van der Waals surface area contributed by atoms with Crippen molar-refractivity contribution in [3.63, 3.8) is 0 Å². The molecule has 1 saturated heterocycles. The van der Waals surface area contributed by atoms with Crippen molar-refractivity contribution in [2.75, 3.05) is 26.4 Å².